The largest absolute Gasteiger partial charge is 0.469 e. The van der Waals surface area contributed by atoms with Crippen molar-refractivity contribution in [1.82, 2.24) is 9.80 Å². The van der Waals surface area contributed by atoms with Crippen LogP contribution in [-0.4, -0.2) is 60.6 Å². The molecule has 3 fully saturated rings. The molecule has 1 aromatic heterocycles. The summed E-state index contributed by atoms with van der Waals surface area (Å²) in [6.07, 6.45) is 4.33. The van der Waals surface area contributed by atoms with Gasteiger partial charge < -0.3 is 14.1 Å². The van der Waals surface area contributed by atoms with Crippen LogP contribution in [0.15, 0.2) is 16.7 Å². The van der Waals surface area contributed by atoms with E-state index in [-0.39, 0.29) is 5.91 Å². The van der Waals surface area contributed by atoms with Gasteiger partial charge in [0, 0.05) is 19.6 Å². The number of ether oxygens (including phenoxy) is 1. The number of piperazine rings is 1. The van der Waals surface area contributed by atoms with Gasteiger partial charge in [-0.05, 0) is 31.7 Å². The smallest absolute Gasteiger partial charge is 0.257 e. The number of hydrogen-bond donors (Lipinski definition) is 0. The molecule has 1 aromatic rings. The molecule has 4 rings (SSSR count). The Morgan fingerprint density at radius 1 is 1.29 bits per heavy atom. The highest BCUT2D eigenvalue weighted by Crippen LogP contribution is 2.33. The zero-order valence-corrected chi connectivity index (χ0v) is 12.5. The number of aryl methyl sites for hydroxylation is 1. The van der Waals surface area contributed by atoms with E-state index in [1.807, 2.05) is 11.8 Å². The predicted molar refractivity (Wildman–Crippen MR) is 77.2 cm³/mol. The summed E-state index contributed by atoms with van der Waals surface area (Å²) in [5.74, 6) is 1.69. The van der Waals surface area contributed by atoms with Gasteiger partial charge in [-0.25, -0.2) is 0 Å². The topological polar surface area (TPSA) is 45.9 Å². The van der Waals surface area contributed by atoms with Gasteiger partial charge in [0.1, 0.15) is 5.76 Å². The van der Waals surface area contributed by atoms with Crippen molar-refractivity contribution in [1.29, 1.82) is 0 Å². The van der Waals surface area contributed by atoms with E-state index in [9.17, 15) is 4.79 Å². The summed E-state index contributed by atoms with van der Waals surface area (Å²) in [4.78, 5) is 17.2. The van der Waals surface area contributed by atoms with Gasteiger partial charge in [-0.2, -0.15) is 0 Å². The molecule has 114 valence electrons. The van der Waals surface area contributed by atoms with Gasteiger partial charge in [0.25, 0.3) is 5.91 Å². The van der Waals surface area contributed by atoms with Gasteiger partial charge in [-0.3, -0.25) is 9.69 Å². The molecule has 0 N–H and O–H groups in total. The van der Waals surface area contributed by atoms with Crippen molar-refractivity contribution in [2.75, 3.05) is 32.8 Å². The molecule has 21 heavy (non-hydrogen) atoms. The fourth-order valence-electron chi connectivity index (χ4n) is 3.57. The first-order valence-electron chi connectivity index (χ1n) is 7.89. The standard InChI is InChI=1S/C16H22N2O3/c1-11-15(4-5-21-11)16(19)17-7-13-9-20-10-14(8-17)18(13)6-12-2-3-12/h4-5,12-14H,2-3,6-10H2,1H3/t13-,14+. The molecule has 1 amide bonds. The summed E-state index contributed by atoms with van der Waals surface area (Å²) in [6, 6.07) is 2.49. The van der Waals surface area contributed by atoms with Crippen LogP contribution < -0.4 is 0 Å². The molecule has 1 saturated carbocycles. The fourth-order valence-corrected chi connectivity index (χ4v) is 3.57. The first-order valence-corrected chi connectivity index (χ1v) is 7.89. The third-order valence-electron chi connectivity index (χ3n) is 4.96. The van der Waals surface area contributed by atoms with Crippen LogP contribution in [-0.2, 0) is 4.74 Å². The summed E-state index contributed by atoms with van der Waals surface area (Å²) in [5.41, 5.74) is 0.699. The Morgan fingerprint density at radius 3 is 2.57 bits per heavy atom. The Labute approximate surface area is 124 Å². The van der Waals surface area contributed by atoms with E-state index in [4.69, 9.17) is 9.15 Å². The van der Waals surface area contributed by atoms with E-state index >= 15 is 0 Å². The number of hydrogen-bond acceptors (Lipinski definition) is 4. The van der Waals surface area contributed by atoms with Crippen molar-refractivity contribution in [2.24, 2.45) is 5.92 Å². The monoisotopic (exact) mass is 290 g/mol. The Bertz CT molecular complexity index is 523. The first-order chi connectivity index (χ1) is 10.2. The summed E-state index contributed by atoms with van der Waals surface area (Å²) in [6.45, 7) is 6.07. The van der Waals surface area contributed by atoms with Gasteiger partial charge in [0.05, 0.1) is 37.1 Å². The predicted octanol–water partition coefficient (Wildman–Crippen LogP) is 1.52. The van der Waals surface area contributed by atoms with E-state index in [2.05, 4.69) is 4.90 Å². The second-order valence-electron chi connectivity index (χ2n) is 6.59. The van der Waals surface area contributed by atoms with Crippen LogP contribution in [0.3, 0.4) is 0 Å². The maximum absolute atomic E-state index is 12.7. The van der Waals surface area contributed by atoms with Crippen molar-refractivity contribution >= 4 is 5.91 Å². The molecule has 3 heterocycles. The molecular weight excluding hydrogens is 268 g/mol. The van der Waals surface area contributed by atoms with Crippen LogP contribution in [0.1, 0.15) is 29.0 Å². The normalized spacial score (nSPS) is 29.7. The molecule has 2 saturated heterocycles. The number of carbonyl (C=O) groups excluding carboxylic acids is 1. The number of rotatable bonds is 3. The van der Waals surface area contributed by atoms with Crippen LogP contribution in [0.4, 0.5) is 0 Å². The van der Waals surface area contributed by atoms with Crippen molar-refractivity contribution in [3.63, 3.8) is 0 Å². The summed E-state index contributed by atoms with van der Waals surface area (Å²) in [5, 5.41) is 0. The maximum Gasteiger partial charge on any atom is 0.257 e. The Morgan fingerprint density at radius 2 is 2.00 bits per heavy atom. The maximum atomic E-state index is 12.7. The SMILES string of the molecule is Cc1occc1C(=O)N1C[C@H]2COC[C@@H](C1)N2CC1CC1. The Hall–Kier alpha value is -1.33. The molecule has 0 spiro atoms. The molecule has 5 heteroatoms. The van der Waals surface area contributed by atoms with Crippen molar-refractivity contribution in [2.45, 2.75) is 31.8 Å². The molecule has 3 aliphatic rings. The summed E-state index contributed by atoms with van der Waals surface area (Å²) in [7, 11) is 0. The zero-order chi connectivity index (χ0) is 14.4. The number of furan rings is 1. The van der Waals surface area contributed by atoms with Crippen LogP contribution in [0.2, 0.25) is 0 Å². The Kier molecular flexibility index (Phi) is 3.27. The minimum absolute atomic E-state index is 0.101. The van der Waals surface area contributed by atoms with Crippen molar-refractivity contribution < 1.29 is 13.9 Å². The van der Waals surface area contributed by atoms with Gasteiger partial charge >= 0.3 is 0 Å². The average Bonchev–Trinajstić information content (AvgIpc) is 3.17. The number of fused-ring (bicyclic) bond motifs is 2. The molecule has 1 aliphatic carbocycles. The summed E-state index contributed by atoms with van der Waals surface area (Å²) >= 11 is 0. The van der Waals surface area contributed by atoms with E-state index < -0.39 is 0 Å². The highest BCUT2D eigenvalue weighted by atomic mass is 16.5. The third kappa shape index (κ3) is 2.49. The van der Waals surface area contributed by atoms with Crippen molar-refractivity contribution in [3.05, 3.63) is 23.7 Å². The molecule has 2 bridgehead atoms. The highest BCUT2D eigenvalue weighted by Gasteiger charge is 2.42. The summed E-state index contributed by atoms with van der Waals surface area (Å²) < 4.78 is 11.0. The average molecular weight is 290 g/mol. The second-order valence-corrected chi connectivity index (χ2v) is 6.59. The minimum Gasteiger partial charge on any atom is -0.469 e. The lowest BCUT2D eigenvalue weighted by Gasteiger charge is -2.49. The highest BCUT2D eigenvalue weighted by molar-refractivity contribution is 5.95. The van der Waals surface area contributed by atoms with Gasteiger partial charge in [0.2, 0.25) is 0 Å². The van der Waals surface area contributed by atoms with Crippen LogP contribution in [0.25, 0.3) is 0 Å². The van der Waals surface area contributed by atoms with Crippen molar-refractivity contribution in [3.8, 4) is 0 Å². The van der Waals surface area contributed by atoms with Crippen LogP contribution in [0, 0.1) is 12.8 Å². The third-order valence-corrected chi connectivity index (χ3v) is 4.96. The quantitative estimate of drug-likeness (QED) is 0.847. The fraction of sp³-hybridized carbons (Fsp3) is 0.688. The van der Waals surface area contributed by atoms with Gasteiger partial charge in [-0.15, -0.1) is 0 Å². The molecule has 5 nitrogen and oxygen atoms in total. The van der Waals surface area contributed by atoms with E-state index in [1.165, 1.54) is 19.4 Å². The number of morpholine rings is 1. The molecular formula is C16H22N2O3. The van der Waals surface area contributed by atoms with Gasteiger partial charge in [0.15, 0.2) is 0 Å². The minimum atomic E-state index is 0.101. The molecule has 0 aromatic carbocycles. The molecule has 0 unspecified atom stereocenters. The zero-order valence-electron chi connectivity index (χ0n) is 12.5. The lowest BCUT2D eigenvalue weighted by atomic mass is 10.0. The second kappa shape index (κ2) is 5.14. The van der Waals surface area contributed by atoms with E-state index in [1.54, 1.807) is 12.3 Å². The Balaban J connectivity index is 1.49. The first kappa shape index (κ1) is 13.3. The lowest BCUT2D eigenvalue weighted by Crippen LogP contribution is -2.65. The van der Waals surface area contributed by atoms with Crippen LogP contribution in [0.5, 0.6) is 0 Å². The molecule has 2 atom stereocenters. The lowest BCUT2D eigenvalue weighted by molar-refractivity contribution is -0.0912. The van der Waals surface area contributed by atoms with E-state index in [0.29, 0.717) is 23.4 Å². The number of carbonyl (C=O) groups is 1. The van der Waals surface area contributed by atoms with Gasteiger partial charge in [-0.1, -0.05) is 0 Å². The molecule has 2 aliphatic heterocycles. The molecule has 0 radical (unpaired) electrons. The number of nitrogens with zero attached hydrogens (tertiary/aromatic N) is 2. The van der Waals surface area contributed by atoms with Crippen LogP contribution >= 0.6 is 0 Å². The van der Waals surface area contributed by atoms with E-state index in [0.717, 1.165) is 32.2 Å². The number of amides is 1.